The van der Waals surface area contributed by atoms with Crippen LogP contribution >= 0.6 is 0 Å². The van der Waals surface area contributed by atoms with Crippen molar-refractivity contribution >= 4 is 5.69 Å². The minimum atomic E-state index is 0.123. The van der Waals surface area contributed by atoms with Gasteiger partial charge in [0.05, 0.1) is 12.8 Å². The topological polar surface area (TPSA) is 53.5 Å². The first kappa shape index (κ1) is 8.67. The van der Waals surface area contributed by atoms with Crippen molar-refractivity contribution in [1.82, 2.24) is 5.43 Å². The number of hydrazine groups is 1. The first-order valence-electron chi connectivity index (χ1n) is 3.57. The molecule has 0 unspecified atom stereocenters. The number of hydrogen-bond acceptors (Lipinski definition) is 4. The van der Waals surface area contributed by atoms with Gasteiger partial charge < -0.3 is 15.3 Å². The number of phenols is 1. The van der Waals surface area contributed by atoms with E-state index in [0.717, 1.165) is 5.69 Å². The Bertz CT molecular complexity index is 263. The first-order valence-corrected chi connectivity index (χ1v) is 3.57. The van der Waals surface area contributed by atoms with Gasteiger partial charge in [0.25, 0.3) is 0 Å². The largest absolute Gasteiger partial charge is 0.504 e. The van der Waals surface area contributed by atoms with E-state index in [9.17, 15) is 5.11 Å². The lowest BCUT2D eigenvalue weighted by molar-refractivity contribution is 0.373. The van der Waals surface area contributed by atoms with Crippen LogP contribution in [0.3, 0.4) is 0 Å². The Hall–Kier alpha value is -1.42. The van der Waals surface area contributed by atoms with Crippen LogP contribution in [0.15, 0.2) is 18.2 Å². The third-order valence-corrected chi connectivity index (χ3v) is 1.45. The third kappa shape index (κ3) is 1.79. The maximum atomic E-state index is 9.33. The molecule has 3 N–H and O–H groups in total. The van der Waals surface area contributed by atoms with Gasteiger partial charge in [-0.15, -0.1) is 0 Å². The summed E-state index contributed by atoms with van der Waals surface area (Å²) in [6, 6.07) is 5.07. The van der Waals surface area contributed by atoms with Crippen molar-refractivity contribution in [1.29, 1.82) is 0 Å². The standard InChI is InChI=1S/C8H12N2O2/c1-9-10-6-3-4-8(12-2)7(11)5-6/h3-5,9-11H,1-2H3. The highest BCUT2D eigenvalue weighted by Crippen LogP contribution is 2.27. The molecule has 0 spiro atoms. The van der Waals surface area contributed by atoms with Crippen molar-refractivity contribution in [2.24, 2.45) is 0 Å². The summed E-state index contributed by atoms with van der Waals surface area (Å²) >= 11 is 0. The van der Waals surface area contributed by atoms with E-state index >= 15 is 0 Å². The molecule has 0 radical (unpaired) electrons. The molecule has 0 aliphatic heterocycles. The van der Waals surface area contributed by atoms with Crippen LogP contribution in [0.4, 0.5) is 5.69 Å². The van der Waals surface area contributed by atoms with Crippen LogP contribution in [0.1, 0.15) is 0 Å². The number of hydrogen-bond donors (Lipinski definition) is 3. The normalized spacial score (nSPS) is 9.50. The summed E-state index contributed by atoms with van der Waals surface area (Å²) in [5.41, 5.74) is 6.37. The summed E-state index contributed by atoms with van der Waals surface area (Å²) in [5.74, 6) is 0.592. The highest BCUT2D eigenvalue weighted by molar-refractivity contribution is 5.53. The molecule has 0 aromatic heterocycles. The second kappa shape index (κ2) is 3.82. The number of anilines is 1. The van der Waals surface area contributed by atoms with Gasteiger partial charge in [0.15, 0.2) is 11.5 Å². The average molecular weight is 168 g/mol. The van der Waals surface area contributed by atoms with E-state index in [-0.39, 0.29) is 5.75 Å². The molecule has 0 heterocycles. The lowest BCUT2D eigenvalue weighted by Crippen LogP contribution is -2.14. The van der Waals surface area contributed by atoms with E-state index < -0.39 is 0 Å². The molecule has 4 heteroatoms. The Balaban J connectivity index is 2.86. The van der Waals surface area contributed by atoms with Crippen LogP contribution in [0.5, 0.6) is 11.5 Å². The van der Waals surface area contributed by atoms with Gasteiger partial charge in [-0.1, -0.05) is 0 Å². The number of methoxy groups -OCH3 is 1. The second-order valence-electron chi connectivity index (χ2n) is 2.26. The van der Waals surface area contributed by atoms with Gasteiger partial charge in [-0.05, 0) is 12.1 Å². The molecule has 0 saturated heterocycles. The highest BCUT2D eigenvalue weighted by Gasteiger charge is 2.00. The van der Waals surface area contributed by atoms with Gasteiger partial charge >= 0.3 is 0 Å². The highest BCUT2D eigenvalue weighted by atomic mass is 16.5. The molecular weight excluding hydrogens is 156 g/mol. The summed E-state index contributed by atoms with van der Waals surface area (Å²) in [5, 5.41) is 9.33. The van der Waals surface area contributed by atoms with Crippen LogP contribution in [-0.4, -0.2) is 19.3 Å². The zero-order valence-corrected chi connectivity index (χ0v) is 7.09. The Morgan fingerprint density at radius 2 is 2.17 bits per heavy atom. The maximum absolute atomic E-state index is 9.33. The van der Waals surface area contributed by atoms with Gasteiger partial charge in [0, 0.05) is 13.1 Å². The molecule has 0 aliphatic rings. The van der Waals surface area contributed by atoms with Crippen molar-refractivity contribution in [2.75, 3.05) is 19.6 Å². The Kier molecular flexibility index (Phi) is 2.76. The van der Waals surface area contributed by atoms with Crippen LogP contribution in [-0.2, 0) is 0 Å². The Labute approximate surface area is 71.1 Å². The van der Waals surface area contributed by atoms with Gasteiger partial charge in [-0.2, -0.15) is 0 Å². The van der Waals surface area contributed by atoms with Gasteiger partial charge in [-0.25, -0.2) is 5.43 Å². The van der Waals surface area contributed by atoms with Crippen molar-refractivity contribution in [3.8, 4) is 11.5 Å². The summed E-state index contributed by atoms with van der Waals surface area (Å²) < 4.78 is 4.88. The smallest absolute Gasteiger partial charge is 0.160 e. The van der Waals surface area contributed by atoms with Crippen LogP contribution in [0.25, 0.3) is 0 Å². The van der Waals surface area contributed by atoms with Crippen LogP contribution in [0.2, 0.25) is 0 Å². The monoisotopic (exact) mass is 168 g/mol. The summed E-state index contributed by atoms with van der Waals surface area (Å²) in [6.45, 7) is 0. The molecule has 0 atom stereocenters. The van der Waals surface area contributed by atoms with Gasteiger partial charge in [0.1, 0.15) is 0 Å². The summed E-state index contributed by atoms with van der Waals surface area (Å²) in [6.07, 6.45) is 0. The Morgan fingerprint density at radius 3 is 2.67 bits per heavy atom. The van der Waals surface area contributed by atoms with E-state index in [1.165, 1.54) is 7.11 Å². The van der Waals surface area contributed by atoms with E-state index in [1.807, 2.05) is 0 Å². The van der Waals surface area contributed by atoms with E-state index in [4.69, 9.17) is 4.74 Å². The summed E-state index contributed by atoms with van der Waals surface area (Å²) in [4.78, 5) is 0. The van der Waals surface area contributed by atoms with E-state index in [0.29, 0.717) is 5.75 Å². The van der Waals surface area contributed by atoms with Crippen molar-refractivity contribution in [2.45, 2.75) is 0 Å². The lowest BCUT2D eigenvalue weighted by atomic mass is 10.3. The van der Waals surface area contributed by atoms with Crippen LogP contribution in [0, 0.1) is 0 Å². The van der Waals surface area contributed by atoms with Crippen molar-refractivity contribution in [3.63, 3.8) is 0 Å². The van der Waals surface area contributed by atoms with Gasteiger partial charge in [-0.3, -0.25) is 0 Å². The molecule has 4 nitrogen and oxygen atoms in total. The predicted octanol–water partition coefficient (Wildman–Crippen LogP) is 0.947. The molecule has 1 aromatic carbocycles. The molecule has 0 aliphatic carbocycles. The SMILES string of the molecule is CNNc1ccc(OC)c(O)c1. The number of ether oxygens (including phenoxy) is 1. The molecule has 0 amide bonds. The Morgan fingerprint density at radius 1 is 1.42 bits per heavy atom. The number of benzene rings is 1. The zero-order valence-electron chi connectivity index (χ0n) is 7.09. The van der Waals surface area contributed by atoms with E-state index in [2.05, 4.69) is 10.9 Å². The fourth-order valence-corrected chi connectivity index (χ4v) is 0.912. The molecule has 0 saturated carbocycles. The average Bonchev–Trinajstić information content (AvgIpc) is 2.05. The number of rotatable bonds is 3. The van der Waals surface area contributed by atoms with E-state index in [1.54, 1.807) is 25.2 Å². The fraction of sp³-hybridized carbons (Fsp3) is 0.250. The van der Waals surface area contributed by atoms with Crippen molar-refractivity contribution < 1.29 is 9.84 Å². The number of phenolic OH excluding ortho intramolecular Hbond substituents is 1. The molecule has 0 bridgehead atoms. The first-order chi connectivity index (χ1) is 5.77. The molecule has 0 fully saturated rings. The number of nitrogens with one attached hydrogen (secondary N) is 2. The van der Waals surface area contributed by atoms with Crippen LogP contribution < -0.4 is 15.6 Å². The molecule has 1 rings (SSSR count). The fourth-order valence-electron chi connectivity index (χ4n) is 0.912. The summed E-state index contributed by atoms with van der Waals surface area (Å²) in [7, 11) is 3.27. The quantitative estimate of drug-likeness (QED) is 0.588. The second-order valence-corrected chi connectivity index (χ2v) is 2.26. The maximum Gasteiger partial charge on any atom is 0.160 e. The molecule has 12 heavy (non-hydrogen) atoms. The predicted molar refractivity (Wildman–Crippen MR) is 47.3 cm³/mol. The molecule has 1 aromatic rings. The van der Waals surface area contributed by atoms with Crippen molar-refractivity contribution in [3.05, 3.63) is 18.2 Å². The minimum Gasteiger partial charge on any atom is -0.504 e. The molecular formula is C8H12N2O2. The third-order valence-electron chi connectivity index (χ3n) is 1.45. The number of aromatic hydroxyl groups is 1. The zero-order chi connectivity index (χ0) is 8.97. The molecule has 66 valence electrons. The van der Waals surface area contributed by atoms with Gasteiger partial charge in [0.2, 0.25) is 0 Å². The minimum absolute atomic E-state index is 0.123. The lowest BCUT2D eigenvalue weighted by Gasteiger charge is -2.06.